The minimum atomic E-state index is -4.63. The number of aliphatic hydroxyl groups is 1. The standard InChI is InChI=1S/C21H19ClF3N3O3/c22-14-6-7-15-13(9-14)10-17(27-15)19(30)28-16(8-12-4-2-1-3-5-12)18(29)20(31)26-11-21(23,24)25/h1-7,9-10,16,18,27,29H,8,11H2,(H,26,31)(H,28,30)/t16-,18+/m0/s1. The van der Waals surface area contributed by atoms with Gasteiger partial charge in [-0.2, -0.15) is 13.2 Å². The van der Waals surface area contributed by atoms with E-state index in [4.69, 9.17) is 11.6 Å². The van der Waals surface area contributed by atoms with Crippen LogP contribution >= 0.6 is 11.6 Å². The summed E-state index contributed by atoms with van der Waals surface area (Å²) in [5, 5.41) is 15.7. The molecule has 0 aliphatic carbocycles. The maximum Gasteiger partial charge on any atom is 0.405 e. The highest BCUT2D eigenvalue weighted by atomic mass is 35.5. The average Bonchev–Trinajstić information content (AvgIpc) is 3.14. The number of benzene rings is 2. The number of aromatic amines is 1. The van der Waals surface area contributed by atoms with Crippen molar-refractivity contribution in [2.75, 3.05) is 6.54 Å². The molecule has 0 bridgehead atoms. The van der Waals surface area contributed by atoms with E-state index in [1.807, 2.05) is 0 Å². The van der Waals surface area contributed by atoms with Crippen molar-refractivity contribution in [2.45, 2.75) is 24.7 Å². The zero-order chi connectivity index (χ0) is 22.6. The topological polar surface area (TPSA) is 94.2 Å². The number of carbonyl (C=O) groups excluding carboxylic acids is 2. The Morgan fingerprint density at radius 3 is 2.48 bits per heavy atom. The second kappa shape index (κ2) is 9.40. The number of aromatic nitrogens is 1. The van der Waals surface area contributed by atoms with Crippen LogP contribution in [-0.2, 0) is 11.2 Å². The molecule has 0 aliphatic rings. The predicted octanol–water partition coefficient (Wildman–Crippen LogP) is 3.20. The Balaban J connectivity index is 1.79. The Bertz CT molecular complexity index is 1070. The molecule has 1 heterocycles. The number of aliphatic hydroxyl groups excluding tert-OH is 1. The second-order valence-electron chi connectivity index (χ2n) is 6.96. The van der Waals surface area contributed by atoms with Crippen molar-refractivity contribution in [1.82, 2.24) is 15.6 Å². The molecule has 164 valence electrons. The Labute approximate surface area is 180 Å². The summed E-state index contributed by atoms with van der Waals surface area (Å²) in [6.07, 6.45) is -6.50. The Kier molecular flexibility index (Phi) is 6.87. The van der Waals surface area contributed by atoms with Gasteiger partial charge in [-0.15, -0.1) is 0 Å². The van der Waals surface area contributed by atoms with E-state index in [9.17, 15) is 27.9 Å². The molecule has 2 amide bonds. The van der Waals surface area contributed by atoms with Crippen molar-refractivity contribution in [3.8, 4) is 0 Å². The molecule has 0 unspecified atom stereocenters. The molecular formula is C21H19ClF3N3O3. The van der Waals surface area contributed by atoms with Crippen molar-refractivity contribution in [3.63, 3.8) is 0 Å². The van der Waals surface area contributed by atoms with E-state index in [2.05, 4.69) is 10.3 Å². The number of nitrogens with one attached hydrogen (secondary N) is 3. The number of fused-ring (bicyclic) bond motifs is 1. The first kappa shape index (κ1) is 22.6. The molecular weight excluding hydrogens is 435 g/mol. The van der Waals surface area contributed by atoms with E-state index in [0.29, 0.717) is 21.5 Å². The second-order valence-corrected chi connectivity index (χ2v) is 7.40. The third kappa shape index (κ3) is 6.22. The van der Waals surface area contributed by atoms with Crippen LogP contribution in [0.2, 0.25) is 5.02 Å². The summed E-state index contributed by atoms with van der Waals surface area (Å²) in [5.74, 6) is -1.86. The summed E-state index contributed by atoms with van der Waals surface area (Å²) >= 11 is 5.95. The zero-order valence-electron chi connectivity index (χ0n) is 16.0. The highest BCUT2D eigenvalue weighted by Crippen LogP contribution is 2.20. The molecule has 3 aromatic rings. The highest BCUT2D eigenvalue weighted by molar-refractivity contribution is 6.31. The van der Waals surface area contributed by atoms with Crippen molar-refractivity contribution >= 4 is 34.3 Å². The fourth-order valence-electron chi connectivity index (χ4n) is 3.06. The first-order valence-electron chi connectivity index (χ1n) is 9.28. The Morgan fingerprint density at radius 2 is 1.81 bits per heavy atom. The highest BCUT2D eigenvalue weighted by Gasteiger charge is 2.33. The number of hydrogen-bond donors (Lipinski definition) is 4. The molecule has 4 N–H and O–H groups in total. The SMILES string of the molecule is O=C(N[C@@H](Cc1ccccc1)[C@@H](O)C(=O)NCC(F)(F)F)c1cc2cc(Cl)ccc2[nH]1. The van der Waals surface area contributed by atoms with E-state index < -0.39 is 36.7 Å². The third-order valence-electron chi connectivity index (χ3n) is 4.56. The van der Waals surface area contributed by atoms with Crippen LogP contribution in [0.4, 0.5) is 13.2 Å². The minimum absolute atomic E-state index is 0.0270. The van der Waals surface area contributed by atoms with Crippen LogP contribution in [0.25, 0.3) is 10.9 Å². The van der Waals surface area contributed by atoms with Crippen LogP contribution in [0.3, 0.4) is 0 Å². The molecule has 3 rings (SSSR count). The molecule has 0 radical (unpaired) electrons. The smallest absolute Gasteiger partial charge is 0.381 e. The minimum Gasteiger partial charge on any atom is -0.381 e. The van der Waals surface area contributed by atoms with Crippen molar-refractivity contribution in [3.05, 3.63) is 70.9 Å². The maximum atomic E-state index is 12.7. The first-order valence-corrected chi connectivity index (χ1v) is 9.66. The quantitative estimate of drug-likeness (QED) is 0.442. The van der Waals surface area contributed by atoms with E-state index >= 15 is 0 Å². The van der Waals surface area contributed by atoms with Crippen molar-refractivity contribution in [1.29, 1.82) is 0 Å². The molecule has 6 nitrogen and oxygen atoms in total. The molecule has 10 heteroatoms. The van der Waals surface area contributed by atoms with Gasteiger partial charge in [0.05, 0.1) is 6.04 Å². The van der Waals surface area contributed by atoms with E-state index in [1.165, 1.54) is 0 Å². The van der Waals surface area contributed by atoms with Gasteiger partial charge in [0.1, 0.15) is 12.2 Å². The largest absolute Gasteiger partial charge is 0.405 e. The summed E-state index contributed by atoms with van der Waals surface area (Å²) in [5.41, 5.74) is 1.48. The van der Waals surface area contributed by atoms with Gasteiger partial charge in [0.25, 0.3) is 11.8 Å². The van der Waals surface area contributed by atoms with Gasteiger partial charge >= 0.3 is 6.18 Å². The number of alkyl halides is 3. The average molecular weight is 454 g/mol. The monoisotopic (exact) mass is 453 g/mol. The van der Waals surface area contributed by atoms with Crippen LogP contribution in [0.15, 0.2) is 54.6 Å². The van der Waals surface area contributed by atoms with Crippen LogP contribution < -0.4 is 10.6 Å². The predicted molar refractivity (Wildman–Crippen MR) is 110 cm³/mol. The van der Waals surface area contributed by atoms with Crippen molar-refractivity contribution in [2.24, 2.45) is 0 Å². The lowest BCUT2D eigenvalue weighted by Crippen LogP contribution is -2.52. The molecule has 0 aliphatic heterocycles. The van der Waals surface area contributed by atoms with Gasteiger partial charge in [0.15, 0.2) is 6.10 Å². The van der Waals surface area contributed by atoms with Gasteiger partial charge in [-0.05, 0) is 36.2 Å². The van der Waals surface area contributed by atoms with Crippen LogP contribution in [0.5, 0.6) is 0 Å². The summed E-state index contributed by atoms with van der Waals surface area (Å²) < 4.78 is 37.2. The molecule has 0 saturated carbocycles. The number of amides is 2. The molecule has 0 spiro atoms. The van der Waals surface area contributed by atoms with Crippen molar-refractivity contribution < 1.29 is 27.9 Å². The normalized spacial score (nSPS) is 13.6. The number of halogens is 4. The van der Waals surface area contributed by atoms with E-state index in [0.717, 1.165) is 0 Å². The number of carbonyl (C=O) groups is 2. The first-order chi connectivity index (χ1) is 14.6. The van der Waals surface area contributed by atoms with E-state index in [1.54, 1.807) is 59.9 Å². The van der Waals surface area contributed by atoms with Gasteiger partial charge in [0.2, 0.25) is 0 Å². The Morgan fingerprint density at radius 1 is 1.10 bits per heavy atom. The lowest BCUT2D eigenvalue weighted by molar-refractivity contribution is -0.144. The number of rotatable bonds is 7. The summed E-state index contributed by atoms with van der Waals surface area (Å²) in [7, 11) is 0. The fraction of sp³-hybridized carbons (Fsp3) is 0.238. The third-order valence-corrected chi connectivity index (χ3v) is 4.79. The van der Waals surface area contributed by atoms with Gasteiger partial charge < -0.3 is 20.7 Å². The molecule has 0 saturated heterocycles. The molecule has 1 aromatic heterocycles. The van der Waals surface area contributed by atoms with Crippen LogP contribution in [-0.4, -0.2) is 46.8 Å². The fourth-order valence-corrected chi connectivity index (χ4v) is 3.24. The molecule has 31 heavy (non-hydrogen) atoms. The number of hydrogen-bond acceptors (Lipinski definition) is 3. The van der Waals surface area contributed by atoms with Gasteiger partial charge in [-0.25, -0.2) is 0 Å². The van der Waals surface area contributed by atoms with Crippen LogP contribution in [0, 0.1) is 0 Å². The van der Waals surface area contributed by atoms with Gasteiger partial charge in [0, 0.05) is 15.9 Å². The molecule has 0 fully saturated rings. The molecule has 2 atom stereocenters. The summed E-state index contributed by atoms with van der Waals surface area (Å²) in [6.45, 7) is -1.59. The number of H-pyrrole nitrogens is 1. The maximum absolute atomic E-state index is 12.7. The van der Waals surface area contributed by atoms with Gasteiger partial charge in [-0.3, -0.25) is 9.59 Å². The summed E-state index contributed by atoms with van der Waals surface area (Å²) in [4.78, 5) is 27.7. The lowest BCUT2D eigenvalue weighted by Gasteiger charge is -2.24. The zero-order valence-corrected chi connectivity index (χ0v) is 16.8. The Hall–Kier alpha value is -3.04. The lowest BCUT2D eigenvalue weighted by atomic mass is 10.0. The molecule has 2 aromatic carbocycles. The summed E-state index contributed by atoms with van der Waals surface area (Å²) in [6, 6.07) is 14.0. The van der Waals surface area contributed by atoms with Gasteiger partial charge in [-0.1, -0.05) is 41.9 Å². The van der Waals surface area contributed by atoms with Crippen LogP contribution in [0.1, 0.15) is 16.1 Å². The van der Waals surface area contributed by atoms with E-state index in [-0.39, 0.29) is 12.1 Å².